The molecular weight excluding hydrogens is 177 g/mol. The fourth-order valence-corrected chi connectivity index (χ4v) is 0.868. The van der Waals surface area contributed by atoms with Crippen LogP contribution in [0.1, 0.15) is 41.0 Å². The molecule has 0 atom stereocenters. The molecule has 0 heterocycles. The third kappa shape index (κ3) is 10.4. The molecule has 13 heavy (non-hydrogen) atoms. The third-order valence-electron chi connectivity index (χ3n) is 1.62. The van der Waals surface area contributed by atoms with Crippen LogP contribution in [-0.2, 0) is 9.63 Å². The number of rotatable bonds is 6. The quantitative estimate of drug-likeness (QED) is 0.314. The maximum atomic E-state index is 10.8. The molecule has 0 saturated carbocycles. The summed E-state index contributed by atoms with van der Waals surface area (Å²) in [6, 6.07) is 0. The summed E-state index contributed by atoms with van der Waals surface area (Å²) in [7, 11) is 1.79. The van der Waals surface area contributed by atoms with Gasteiger partial charge in [0.05, 0.1) is 0 Å². The van der Waals surface area contributed by atoms with E-state index in [-0.39, 0.29) is 37.0 Å². The summed E-state index contributed by atoms with van der Waals surface area (Å²) in [5.41, 5.74) is 0. The van der Waals surface area contributed by atoms with Gasteiger partial charge in [-0.05, 0) is 6.42 Å². The first-order valence-electron chi connectivity index (χ1n) is 4.62. The minimum absolute atomic E-state index is 0. The van der Waals surface area contributed by atoms with Gasteiger partial charge in [0.15, 0.2) is 0 Å². The van der Waals surface area contributed by atoms with Crippen LogP contribution < -0.4 is 29.6 Å². The molecule has 0 aromatic heterocycles. The summed E-state index contributed by atoms with van der Waals surface area (Å²) < 4.78 is 0. The van der Waals surface area contributed by atoms with E-state index in [2.05, 4.69) is 6.92 Å². The van der Waals surface area contributed by atoms with Gasteiger partial charge < -0.3 is 6.26 Å². The topological polar surface area (TPSA) is 29.5 Å². The smallest absolute Gasteiger partial charge is 1.00 e. The normalized spacial score (nSPS) is 9.54. The first kappa shape index (κ1) is 15.9. The molecule has 0 N–H and O–H groups in total. The molecule has 0 amide bonds. The van der Waals surface area contributed by atoms with Crippen LogP contribution in [0.4, 0.5) is 0 Å². The summed E-state index contributed by atoms with van der Waals surface area (Å²) in [5, 5.41) is 1.61. The van der Waals surface area contributed by atoms with E-state index in [1.54, 1.807) is 19.0 Å². The molecule has 3 nitrogen and oxygen atoms in total. The van der Waals surface area contributed by atoms with Crippen molar-refractivity contribution in [1.82, 2.24) is 5.06 Å². The largest absolute Gasteiger partial charge is 1.00 e. The van der Waals surface area contributed by atoms with Gasteiger partial charge in [-0.2, -0.15) is 0 Å². The summed E-state index contributed by atoms with van der Waals surface area (Å²) in [6.07, 6.45) is 3.91. The van der Waals surface area contributed by atoms with E-state index in [1.165, 1.54) is 12.8 Å². The molecule has 4 heteroatoms. The molecule has 0 aromatic rings. The predicted octanol–water partition coefficient (Wildman–Crippen LogP) is -0.907. The molecule has 0 rings (SSSR count). The van der Waals surface area contributed by atoms with Crippen LogP contribution >= 0.6 is 0 Å². The molecule has 0 aliphatic carbocycles. The van der Waals surface area contributed by atoms with E-state index >= 15 is 0 Å². The zero-order valence-corrected chi connectivity index (χ0v) is 11.3. The van der Waals surface area contributed by atoms with Gasteiger partial charge in [-0.15, -0.1) is 5.06 Å². The molecular formula is C9H20NNaO2. The van der Waals surface area contributed by atoms with Gasteiger partial charge in [0, 0.05) is 20.0 Å². The standard InChI is InChI=1S/C9H19NO2.Na.H/c1-4-6-7-8-10(3)12-9(11)5-2;;/h4-8H2,1-3H3;;/q;+1;-1. The molecule has 0 radical (unpaired) electrons. The van der Waals surface area contributed by atoms with Crippen molar-refractivity contribution in [3.8, 4) is 0 Å². The Morgan fingerprint density at radius 3 is 2.46 bits per heavy atom. The molecule has 0 saturated heterocycles. The second-order valence-corrected chi connectivity index (χ2v) is 2.88. The molecule has 0 fully saturated rings. The number of carbonyl (C=O) groups excluding carboxylic acids is 1. The Kier molecular flexibility index (Phi) is 12.8. The molecule has 0 spiro atoms. The SMILES string of the molecule is CCCCCN(C)OC(=O)CC.[H-].[Na+]. The number of hydrogen-bond donors (Lipinski definition) is 0. The van der Waals surface area contributed by atoms with E-state index in [0.717, 1.165) is 13.0 Å². The van der Waals surface area contributed by atoms with Crippen LogP contribution in [0.5, 0.6) is 0 Å². The number of nitrogens with zero attached hydrogens (tertiary/aromatic N) is 1. The Bertz CT molecular complexity index is 136. The van der Waals surface area contributed by atoms with E-state index in [4.69, 9.17) is 4.84 Å². The molecule has 0 unspecified atom stereocenters. The van der Waals surface area contributed by atoms with E-state index in [0.29, 0.717) is 6.42 Å². The average molecular weight is 197 g/mol. The van der Waals surface area contributed by atoms with Crippen molar-refractivity contribution in [1.29, 1.82) is 0 Å². The Balaban J connectivity index is -0.000000605. The van der Waals surface area contributed by atoms with E-state index in [1.807, 2.05) is 0 Å². The molecule has 0 bridgehead atoms. The number of hydrogen-bond acceptors (Lipinski definition) is 3. The Hall–Kier alpha value is 0.430. The van der Waals surface area contributed by atoms with Crippen LogP contribution in [0.3, 0.4) is 0 Å². The number of unbranched alkanes of at least 4 members (excludes halogenated alkanes) is 2. The zero-order valence-electron chi connectivity index (χ0n) is 10.3. The van der Waals surface area contributed by atoms with Gasteiger partial charge in [0.2, 0.25) is 0 Å². The van der Waals surface area contributed by atoms with Crippen molar-refractivity contribution in [3.63, 3.8) is 0 Å². The molecule has 0 aliphatic rings. The van der Waals surface area contributed by atoms with Gasteiger partial charge >= 0.3 is 35.5 Å². The monoisotopic (exact) mass is 197 g/mol. The minimum Gasteiger partial charge on any atom is -1.00 e. The maximum Gasteiger partial charge on any atom is 1.00 e. The second-order valence-electron chi connectivity index (χ2n) is 2.88. The van der Waals surface area contributed by atoms with Crippen molar-refractivity contribution in [2.45, 2.75) is 39.5 Å². The van der Waals surface area contributed by atoms with Crippen LogP contribution in [0.2, 0.25) is 0 Å². The summed E-state index contributed by atoms with van der Waals surface area (Å²) >= 11 is 0. The fourth-order valence-electron chi connectivity index (χ4n) is 0.868. The number of hydroxylamine groups is 2. The van der Waals surface area contributed by atoms with Crippen LogP contribution in [0.15, 0.2) is 0 Å². The zero-order chi connectivity index (χ0) is 9.40. The van der Waals surface area contributed by atoms with Crippen LogP contribution in [0, 0.1) is 0 Å². The van der Waals surface area contributed by atoms with E-state index < -0.39 is 0 Å². The Labute approximate surface area is 105 Å². The summed E-state index contributed by atoms with van der Waals surface area (Å²) in [5.74, 6) is -0.158. The van der Waals surface area contributed by atoms with Crippen LogP contribution in [0.25, 0.3) is 0 Å². The van der Waals surface area contributed by atoms with Crippen LogP contribution in [-0.4, -0.2) is 24.6 Å². The predicted molar refractivity (Wildman–Crippen MR) is 49.7 cm³/mol. The van der Waals surface area contributed by atoms with Crippen molar-refractivity contribution in [2.75, 3.05) is 13.6 Å². The molecule has 0 aromatic carbocycles. The summed E-state index contributed by atoms with van der Waals surface area (Å²) in [6.45, 7) is 4.78. The third-order valence-corrected chi connectivity index (χ3v) is 1.62. The van der Waals surface area contributed by atoms with Gasteiger partial charge in [-0.1, -0.05) is 26.7 Å². The molecule has 74 valence electrons. The average Bonchev–Trinajstić information content (AvgIpc) is 2.05. The number of carbonyl (C=O) groups is 1. The van der Waals surface area contributed by atoms with Crippen molar-refractivity contribution in [3.05, 3.63) is 0 Å². The first-order chi connectivity index (χ1) is 5.70. The minimum atomic E-state index is -0.158. The van der Waals surface area contributed by atoms with Gasteiger partial charge in [-0.3, -0.25) is 4.79 Å². The van der Waals surface area contributed by atoms with Gasteiger partial charge in [0.1, 0.15) is 0 Å². The van der Waals surface area contributed by atoms with Gasteiger partial charge in [0.25, 0.3) is 0 Å². The van der Waals surface area contributed by atoms with Crippen molar-refractivity contribution < 1.29 is 40.6 Å². The van der Waals surface area contributed by atoms with Crippen molar-refractivity contribution in [2.24, 2.45) is 0 Å². The summed E-state index contributed by atoms with van der Waals surface area (Å²) in [4.78, 5) is 15.7. The van der Waals surface area contributed by atoms with E-state index in [9.17, 15) is 4.79 Å². The maximum absolute atomic E-state index is 10.8. The van der Waals surface area contributed by atoms with Crippen molar-refractivity contribution >= 4 is 5.97 Å². The van der Waals surface area contributed by atoms with Gasteiger partial charge in [-0.25, -0.2) is 0 Å². The first-order valence-corrected chi connectivity index (χ1v) is 4.62. The second kappa shape index (κ2) is 10.5. The Morgan fingerprint density at radius 1 is 1.38 bits per heavy atom. The molecule has 0 aliphatic heterocycles. The Morgan fingerprint density at radius 2 is 2.00 bits per heavy atom. The fraction of sp³-hybridized carbons (Fsp3) is 0.889.